The maximum absolute atomic E-state index is 13.2. The average molecular weight is 517 g/mol. The standard InChI is InChI=1S/C22H15Br2NO4/c23-15-5-1-13(2-6-15)21(26)17-11-19-20(29-10-9-28-19)12-18(17)25-22(27)14-3-7-16(24)8-4-14/h1-8,11-12H,9-10H2,(H,25,27). The molecule has 3 aromatic rings. The largest absolute Gasteiger partial charge is 0.486 e. The van der Waals surface area contributed by atoms with Crippen molar-refractivity contribution >= 4 is 49.2 Å². The molecule has 0 spiro atoms. The van der Waals surface area contributed by atoms with Gasteiger partial charge in [0.2, 0.25) is 0 Å². The number of ketones is 1. The summed E-state index contributed by atoms with van der Waals surface area (Å²) >= 11 is 6.72. The summed E-state index contributed by atoms with van der Waals surface area (Å²) in [6.45, 7) is 0.816. The van der Waals surface area contributed by atoms with Crippen molar-refractivity contribution in [2.75, 3.05) is 18.5 Å². The smallest absolute Gasteiger partial charge is 0.255 e. The van der Waals surface area contributed by atoms with Crippen LogP contribution in [-0.2, 0) is 0 Å². The fraction of sp³-hybridized carbons (Fsp3) is 0.0909. The summed E-state index contributed by atoms with van der Waals surface area (Å²) in [5.74, 6) is 0.438. The van der Waals surface area contributed by atoms with Gasteiger partial charge >= 0.3 is 0 Å². The first kappa shape index (κ1) is 19.7. The molecule has 0 aromatic heterocycles. The van der Waals surface area contributed by atoms with Gasteiger partial charge < -0.3 is 14.8 Å². The Morgan fingerprint density at radius 3 is 1.86 bits per heavy atom. The third-order valence-electron chi connectivity index (χ3n) is 4.39. The van der Waals surface area contributed by atoms with E-state index in [1.807, 2.05) is 0 Å². The van der Waals surface area contributed by atoms with E-state index < -0.39 is 0 Å². The van der Waals surface area contributed by atoms with Gasteiger partial charge in [-0.25, -0.2) is 0 Å². The van der Waals surface area contributed by atoms with Gasteiger partial charge in [-0.3, -0.25) is 9.59 Å². The highest BCUT2D eigenvalue weighted by Crippen LogP contribution is 2.37. The van der Waals surface area contributed by atoms with Crippen molar-refractivity contribution < 1.29 is 19.1 Å². The first-order valence-electron chi connectivity index (χ1n) is 8.82. The highest BCUT2D eigenvalue weighted by Gasteiger charge is 2.22. The Labute approximate surface area is 184 Å². The van der Waals surface area contributed by atoms with Crippen LogP contribution < -0.4 is 14.8 Å². The molecular weight excluding hydrogens is 502 g/mol. The van der Waals surface area contributed by atoms with Crippen LogP contribution in [0, 0.1) is 0 Å². The van der Waals surface area contributed by atoms with Gasteiger partial charge in [-0.2, -0.15) is 0 Å². The molecule has 146 valence electrons. The number of nitrogens with one attached hydrogen (secondary N) is 1. The van der Waals surface area contributed by atoms with Crippen LogP contribution in [-0.4, -0.2) is 24.9 Å². The average Bonchev–Trinajstić information content (AvgIpc) is 2.73. The second-order valence-corrected chi connectivity index (χ2v) is 8.17. The Bertz CT molecular complexity index is 1080. The minimum atomic E-state index is -0.320. The second kappa shape index (κ2) is 8.39. The Kier molecular flexibility index (Phi) is 5.69. The van der Waals surface area contributed by atoms with Crippen LogP contribution in [0.2, 0.25) is 0 Å². The van der Waals surface area contributed by atoms with Crippen LogP contribution in [0.15, 0.2) is 69.6 Å². The lowest BCUT2D eigenvalue weighted by Gasteiger charge is -2.21. The summed E-state index contributed by atoms with van der Waals surface area (Å²) in [4.78, 5) is 25.9. The molecule has 7 heteroatoms. The van der Waals surface area contributed by atoms with Gasteiger partial charge in [-0.1, -0.05) is 31.9 Å². The molecule has 29 heavy (non-hydrogen) atoms. The van der Waals surface area contributed by atoms with Gasteiger partial charge in [-0.05, 0) is 54.6 Å². The quantitative estimate of drug-likeness (QED) is 0.467. The molecule has 0 saturated heterocycles. The lowest BCUT2D eigenvalue weighted by molar-refractivity contribution is 0.102. The summed E-state index contributed by atoms with van der Waals surface area (Å²) in [6, 6.07) is 17.3. The van der Waals surface area contributed by atoms with E-state index in [9.17, 15) is 9.59 Å². The fourth-order valence-electron chi connectivity index (χ4n) is 2.93. The van der Waals surface area contributed by atoms with E-state index in [1.54, 1.807) is 60.7 Å². The number of rotatable bonds is 4. The molecule has 0 saturated carbocycles. The molecule has 0 unspecified atom stereocenters. The van der Waals surface area contributed by atoms with Crippen molar-refractivity contribution in [2.24, 2.45) is 0 Å². The first-order chi connectivity index (χ1) is 14.0. The van der Waals surface area contributed by atoms with Crippen molar-refractivity contribution in [1.82, 2.24) is 0 Å². The summed E-state index contributed by atoms with van der Waals surface area (Å²) in [5.41, 5.74) is 1.69. The normalized spacial score (nSPS) is 12.3. The predicted octanol–water partition coefficient (Wildman–Crippen LogP) is 5.47. The van der Waals surface area contributed by atoms with Crippen LogP contribution in [0.5, 0.6) is 11.5 Å². The lowest BCUT2D eigenvalue weighted by Crippen LogP contribution is -2.19. The summed E-state index contributed by atoms with van der Waals surface area (Å²) in [5, 5.41) is 2.84. The van der Waals surface area contributed by atoms with Gasteiger partial charge in [-0.15, -0.1) is 0 Å². The molecule has 1 aliphatic heterocycles. The minimum Gasteiger partial charge on any atom is -0.486 e. The molecule has 1 aliphatic rings. The maximum atomic E-state index is 13.2. The number of fused-ring (bicyclic) bond motifs is 1. The molecule has 3 aromatic carbocycles. The van der Waals surface area contributed by atoms with E-state index in [0.29, 0.717) is 47.1 Å². The minimum absolute atomic E-state index is 0.222. The molecule has 5 nitrogen and oxygen atoms in total. The van der Waals surface area contributed by atoms with Gasteiger partial charge in [0.1, 0.15) is 13.2 Å². The number of amides is 1. The Morgan fingerprint density at radius 2 is 1.28 bits per heavy atom. The number of anilines is 1. The Morgan fingerprint density at radius 1 is 0.759 bits per heavy atom. The Hall–Kier alpha value is -2.64. The van der Waals surface area contributed by atoms with E-state index in [0.717, 1.165) is 8.95 Å². The number of hydrogen-bond acceptors (Lipinski definition) is 4. The molecule has 0 atom stereocenters. The lowest BCUT2D eigenvalue weighted by atomic mass is 10.0. The van der Waals surface area contributed by atoms with Crippen LogP contribution in [0.3, 0.4) is 0 Å². The number of hydrogen-bond donors (Lipinski definition) is 1. The third kappa shape index (κ3) is 4.36. The highest BCUT2D eigenvalue weighted by molar-refractivity contribution is 9.10. The Balaban J connectivity index is 1.72. The number of halogens is 2. The van der Waals surface area contributed by atoms with Crippen LogP contribution in [0.1, 0.15) is 26.3 Å². The van der Waals surface area contributed by atoms with Crippen molar-refractivity contribution in [2.45, 2.75) is 0 Å². The van der Waals surface area contributed by atoms with Crippen LogP contribution in [0.25, 0.3) is 0 Å². The van der Waals surface area contributed by atoms with E-state index in [2.05, 4.69) is 37.2 Å². The fourth-order valence-corrected chi connectivity index (χ4v) is 3.46. The van der Waals surface area contributed by atoms with E-state index in [-0.39, 0.29) is 11.7 Å². The zero-order valence-electron chi connectivity index (χ0n) is 15.1. The van der Waals surface area contributed by atoms with E-state index >= 15 is 0 Å². The molecule has 0 aliphatic carbocycles. The van der Waals surface area contributed by atoms with Crippen molar-refractivity contribution in [1.29, 1.82) is 0 Å². The third-order valence-corrected chi connectivity index (χ3v) is 5.45. The molecule has 0 fully saturated rings. The number of ether oxygens (including phenoxy) is 2. The molecular formula is C22H15Br2NO4. The van der Waals surface area contributed by atoms with Gasteiger partial charge in [0, 0.05) is 26.1 Å². The zero-order valence-corrected chi connectivity index (χ0v) is 18.2. The SMILES string of the molecule is O=C(Nc1cc2c(cc1C(=O)c1ccc(Br)cc1)OCCO2)c1ccc(Br)cc1. The molecule has 1 heterocycles. The highest BCUT2D eigenvalue weighted by atomic mass is 79.9. The van der Waals surface area contributed by atoms with Crippen LogP contribution in [0.4, 0.5) is 5.69 Å². The number of carbonyl (C=O) groups is 2. The monoisotopic (exact) mass is 515 g/mol. The first-order valence-corrected chi connectivity index (χ1v) is 10.4. The molecule has 0 radical (unpaired) electrons. The summed E-state index contributed by atoms with van der Waals surface area (Å²) < 4.78 is 13.0. The van der Waals surface area contributed by atoms with Crippen molar-refractivity contribution in [3.8, 4) is 11.5 Å². The van der Waals surface area contributed by atoms with Crippen molar-refractivity contribution in [3.05, 3.63) is 86.3 Å². The maximum Gasteiger partial charge on any atom is 0.255 e. The second-order valence-electron chi connectivity index (χ2n) is 6.34. The van der Waals surface area contributed by atoms with Gasteiger partial charge in [0.25, 0.3) is 5.91 Å². The van der Waals surface area contributed by atoms with Crippen molar-refractivity contribution in [3.63, 3.8) is 0 Å². The number of benzene rings is 3. The zero-order chi connectivity index (χ0) is 20.4. The summed E-state index contributed by atoms with van der Waals surface area (Å²) in [7, 11) is 0. The van der Waals surface area contributed by atoms with E-state index in [4.69, 9.17) is 9.47 Å². The van der Waals surface area contributed by atoms with Gasteiger partial charge in [0.05, 0.1) is 11.3 Å². The summed E-state index contributed by atoms with van der Waals surface area (Å²) in [6.07, 6.45) is 0. The molecule has 0 bridgehead atoms. The van der Waals surface area contributed by atoms with Gasteiger partial charge in [0.15, 0.2) is 17.3 Å². The topological polar surface area (TPSA) is 64.6 Å². The number of carbonyl (C=O) groups excluding carboxylic acids is 2. The predicted molar refractivity (Wildman–Crippen MR) is 117 cm³/mol. The van der Waals surface area contributed by atoms with Crippen LogP contribution >= 0.6 is 31.9 Å². The van der Waals surface area contributed by atoms with E-state index in [1.165, 1.54) is 0 Å². The molecule has 1 amide bonds. The molecule has 1 N–H and O–H groups in total. The molecule has 4 rings (SSSR count).